The van der Waals surface area contributed by atoms with E-state index in [1.54, 1.807) is 13.8 Å². The number of esters is 2. The topological polar surface area (TPSA) is 112 Å². The highest BCUT2D eigenvalue weighted by molar-refractivity contribution is 5.73. The predicted molar refractivity (Wildman–Crippen MR) is 123 cm³/mol. The van der Waals surface area contributed by atoms with Crippen LogP contribution in [0.4, 0.5) is 22.0 Å². The SMILES string of the molecule is CCC(C)C(=O)OC1(C)COC(O)(C(F)(F)F)C1(F)F.CCC(C)C(=O)OC12CCCCC1OC(C)(O)C2. The lowest BCUT2D eigenvalue weighted by molar-refractivity contribution is -0.409. The molecule has 0 spiro atoms. The van der Waals surface area contributed by atoms with Crippen molar-refractivity contribution >= 4 is 11.9 Å². The van der Waals surface area contributed by atoms with Crippen molar-refractivity contribution in [2.75, 3.05) is 6.61 Å². The summed E-state index contributed by atoms with van der Waals surface area (Å²) in [5.74, 6) is -12.8. The molecule has 0 radical (unpaired) electrons. The van der Waals surface area contributed by atoms with E-state index in [0.717, 1.165) is 32.1 Å². The quantitative estimate of drug-likeness (QED) is 0.356. The monoisotopic (exact) mass is 562 g/mol. The molecule has 7 unspecified atom stereocenters. The Labute approximate surface area is 219 Å². The minimum Gasteiger partial charge on any atom is -0.456 e. The highest BCUT2D eigenvalue weighted by Crippen LogP contribution is 2.54. The van der Waals surface area contributed by atoms with Gasteiger partial charge in [-0.2, -0.15) is 22.0 Å². The Morgan fingerprint density at radius 3 is 2.00 bits per heavy atom. The summed E-state index contributed by atoms with van der Waals surface area (Å²) in [5, 5.41) is 19.2. The van der Waals surface area contributed by atoms with E-state index in [1.165, 1.54) is 6.92 Å². The minimum absolute atomic E-state index is 0.0903. The lowest BCUT2D eigenvalue weighted by atomic mass is 9.80. The van der Waals surface area contributed by atoms with Crippen LogP contribution >= 0.6 is 0 Å². The standard InChI is InChI=1S/C14H24O4.C11H15F5O4/c1-4-10(2)12(15)18-14-8-6-5-7-11(14)17-13(3,16)9-14;1-4-6(2)7(17)20-8(3)5-19-10(18,9(8,12)13)11(14,15)16/h10-11,16H,4-9H2,1-3H3;6,18H,4-5H2,1-3H3. The van der Waals surface area contributed by atoms with Crippen LogP contribution in [0, 0.1) is 11.8 Å². The van der Waals surface area contributed by atoms with Gasteiger partial charge in [0.05, 0.1) is 18.4 Å². The highest BCUT2D eigenvalue weighted by atomic mass is 19.4. The van der Waals surface area contributed by atoms with Crippen LogP contribution in [0.5, 0.6) is 0 Å². The van der Waals surface area contributed by atoms with E-state index in [0.29, 0.717) is 13.3 Å². The molecule has 1 aliphatic carbocycles. The van der Waals surface area contributed by atoms with Crippen LogP contribution in [-0.4, -0.2) is 69.7 Å². The lowest BCUT2D eigenvalue weighted by Crippen LogP contribution is -2.63. The molecule has 0 aromatic rings. The molecular weight excluding hydrogens is 523 g/mol. The summed E-state index contributed by atoms with van der Waals surface area (Å²) in [7, 11) is 0. The second-order valence-electron chi connectivity index (χ2n) is 11.0. The van der Waals surface area contributed by atoms with Crippen LogP contribution in [0.25, 0.3) is 0 Å². The van der Waals surface area contributed by atoms with Gasteiger partial charge in [-0.15, -0.1) is 0 Å². The summed E-state index contributed by atoms with van der Waals surface area (Å²) in [5.41, 5.74) is -3.49. The molecule has 0 aromatic heterocycles. The molecule has 2 saturated heterocycles. The molecular formula is C25H39F5O8. The van der Waals surface area contributed by atoms with Gasteiger partial charge in [0, 0.05) is 6.42 Å². The number of aliphatic hydroxyl groups is 2. The summed E-state index contributed by atoms with van der Waals surface area (Å²) in [6.07, 6.45) is -0.659. The van der Waals surface area contributed by atoms with Crippen molar-refractivity contribution in [3.05, 3.63) is 0 Å². The van der Waals surface area contributed by atoms with E-state index in [9.17, 15) is 36.6 Å². The minimum atomic E-state index is -5.73. The molecule has 1 saturated carbocycles. The van der Waals surface area contributed by atoms with Crippen molar-refractivity contribution in [3.63, 3.8) is 0 Å². The van der Waals surface area contributed by atoms with E-state index in [4.69, 9.17) is 14.6 Å². The average molecular weight is 563 g/mol. The molecule has 0 amide bonds. The fraction of sp³-hybridized carbons (Fsp3) is 0.920. The van der Waals surface area contributed by atoms with Crippen LogP contribution in [0.15, 0.2) is 0 Å². The molecule has 8 nitrogen and oxygen atoms in total. The van der Waals surface area contributed by atoms with E-state index in [-0.39, 0.29) is 24.4 Å². The van der Waals surface area contributed by atoms with Gasteiger partial charge in [-0.1, -0.05) is 34.1 Å². The van der Waals surface area contributed by atoms with Crippen molar-refractivity contribution in [1.82, 2.24) is 0 Å². The number of alkyl halides is 5. The molecule has 0 aromatic carbocycles. The summed E-state index contributed by atoms with van der Waals surface area (Å²) in [4.78, 5) is 23.5. The van der Waals surface area contributed by atoms with E-state index in [2.05, 4.69) is 9.47 Å². The van der Waals surface area contributed by atoms with Gasteiger partial charge in [0.15, 0.2) is 5.79 Å². The summed E-state index contributed by atoms with van der Waals surface area (Å²) < 4.78 is 85.2. The smallest absolute Gasteiger partial charge is 0.449 e. The Morgan fingerprint density at radius 1 is 1.00 bits per heavy atom. The van der Waals surface area contributed by atoms with Crippen molar-refractivity contribution in [2.24, 2.45) is 11.8 Å². The van der Waals surface area contributed by atoms with E-state index >= 15 is 0 Å². The Bertz CT molecular complexity index is 865. The maximum absolute atomic E-state index is 13.9. The maximum Gasteiger partial charge on any atom is 0.449 e. The summed E-state index contributed by atoms with van der Waals surface area (Å²) >= 11 is 0. The zero-order valence-electron chi connectivity index (χ0n) is 22.6. The summed E-state index contributed by atoms with van der Waals surface area (Å²) in [6, 6.07) is 0. The third-order valence-electron chi connectivity index (χ3n) is 7.62. The Balaban J connectivity index is 0.000000268. The average Bonchev–Trinajstić information content (AvgIpc) is 3.19. The van der Waals surface area contributed by atoms with Gasteiger partial charge >= 0.3 is 29.8 Å². The molecule has 0 bridgehead atoms. The third kappa shape index (κ3) is 6.10. The first kappa shape index (κ1) is 32.6. The second kappa shape index (κ2) is 11.1. The lowest BCUT2D eigenvalue weighted by Gasteiger charge is -2.37. The maximum atomic E-state index is 13.9. The van der Waals surface area contributed by atoms with Gasteiger partial charge in [0.25, 0.3) is 0 Å². The van der Waals surface area contributed by atoms with Gasteiger partial charge in [-0.3, -0.25) is 9.59 Å². The normalized spacial score (nSPS) is 37.9. The largest absolute Gasteiger partial charge is 0.456 e. The Kier molecular flexibility index (Phi) is 9.56. The fourth-order valence-electron chi connectivity index (χ4n) is 4.69. The Morgan fingerprint density at radius 2 is 1.53 bits per heavy atom. The number of carbonyl (C=O) groups excluding carboxylic acids is 2. The van der Waals surface area contributed by atoms with E-state index in [1.807, 2.05) is 13.8 Å². The molecule has 13 heteroatoms. The van der Waals surface area contributed by atoms with Gasteiger partial charge in [0.1, 0.15) is 11.7 Å². The van der Waals surface area contributed by atoms with Gasteiger partial charge in [-0.25, -0.2) is 0 Å². The molecule has 7 atom stereocenters. The number of hydrogen-bond donors (Lipinski definition) is 2. The summed E-state index contributed by atoms with van der Waals surface area (Å²) in [6.45, 7) is 7.81. The second-order valence-corrected chi connectivity index (χ2v) is 11.0. The van der Waals surface area contributed by atoms with Crippen LogP contribution in [0.1, 0.15) is 86.5 Å². The van der Waals surface area contributed by atoms with Crippen molar-refractivity contribution in [1.29, 1.82) is 0 Å². The number of hydrogen-bond acceptors (Lipinski definition) is 8. The van der Waals surface area contributed by atoms with Gasteiger partial charge in [0.2, 0.25) is 5.60 Å². The molecule has 2 aliphatic heterocycles. The first-order chi connectivity index (χ1) is 17.2. The van der Waals surface area contributed by atoms with Crippen LogP contribution in [0.2, 0.25) is 0 Å². The molecule has 38 heavy (non-hydrogen) atoms. The number of fused-ring (bicyclic) bond motifs is 1. The third-order valence-corrected chi connectivity index (χ3v) is 7.62. The van der Waals surface area contributed by atoms with Crippen molar-refractivity contribution < 1.29 is 60.7 Å². The van der Waals surface area contributed by atoms with E-state index < -0.39 is 53.4 Å². The molecule has 2 N–H and O–H groups in total. The van der Waals surface area contributed by atoms with Gasteiger partial charge in [-0.05, 0) is 46.0 Å². The first-order valence-electron chi connectivity index (χ1n) is 12.9. The molecule has 3 aliphatic rings. The van der Waals surface area contributed by atoms with Crippen LogP contribution in [0.3, 0.4) is 0 Å². The number of carbonyl (C=O) groups is 2. The molecule has 222 valence electrons. The zero-order valence-corrected chi connectivity index (χ0v) is 22.6. The molecule has 3 fully saturated rings. The first-order valence-corrected chi connectivity index (χ1v) is 12.9. The van der Waals surface area contributed by atoms with Crippen LogP contribution in [-0.2, 0) is 28.5 Å². The van der Waals surface area contributed by atoms with Crippen molar-refractivity contribution in [3.8, 4) is 0 Å². The predicted octanol–water partition coefficient (Wildman–Crippen LogP) is 4.64. The Hall–Kier alpha value is -1.57. The zero-order chi connectivity index (χ0) is 29.4. The fourth-order valence-corrected chi connectivity index (χ4v) is 4.69. The van der Waals surface area contributed by atoms with Crippen LogP contribution < -0.4 is 0 Å². The van der Waals surface area contributed by atoms with Gasteiger partial charge < -0.3 is 29.2 Å². The number of halogens is 5. The number of rotatable bonds is 6. The molecule has 3 rings (SSSR count). The number of ether oxygens (including phenoxy) is 4. The molecule has 2 heterocycles. The highest BCUT2D eigenvalue weighted by Gasteiger charge is 2.82. The van der Waals surface area contributed by atoms with Crippen molar-refractivity contribution in [2.45, 2.75) is 127 Å².